The number of ether oxygens (including phenoxy) is 7. The maximum atomic E-state index is 11.1. The Hall–Kier alpha value is -4.14. The molecule has 0 unspecified atom stereocenters. The SMILES string of the molecule is COc1cc(OC)c(-c2c(O)cc(OC)c(-c3c(OC)cc(O)cc3OC)c2OC)c(OC)c1. The minimum atomic E-state index is -0.143. The number of methoxy groups -OCH3 is 7. The number of benzene rings is 3. The standard InChI is InChI=1S/C25H28O9/c1-28-14-10-18(31-4)22(19(11-14)32-5)21-15(27)12-20(33-6)24(25(21)34-7)23-16(29-2)8-13(26)9-17(23)30-3/h8-12,26-27H,1-7H3. The van der Waals surface area contributed by atoms with E-state index in [1.54, 1.807) is 12.1 Å². The van der Waals surface area contributed by atoms with Crippen LogP contribution in [0, 0.1) is 0 Å². The van der Waals surface area contributed by atoms with Gasteiger partial charge in [-0.05, 0) is 0 Å². The van der Waals surface area contributed by atoms with Crippen molar-refractivity contribution >= 4 is 0 Å². The zero-order valence-corrected chi connectivity index (χ0v) is 20.1. The molecule has 0 aromatic heterocycles. The van der Waals surface area contributed by atoms with Crippen molar-refractivity contribution in [2.45, 2.75) is 0 Å². The molecule has 0 aliphatic carbocycles. The van der Waals surface area contributed by atoms with E-state index >= 15 is 0 Å². The van der Waals surface area contributed by atoms with E-state index in [4.69, 9.17) is 33.2 Å². The van der Waals surface area contributed by atoms with Gasteiger partial charge in [0.05, 0.1) is 72.0 Å². The van der Waals surface area contributed by atoms with Crippen molar-refractivity contribution in [3.63, 3.8) is 0 Å². The summed E-state index contributed by atoms with van der Waals surface area (Å²) in [6.45, 7) is 0. The van der Waals surface area contributed by atoms with Crippen LogP contribution in [0.1, 0.15) is 0 Å². The Morgan fingerprint density at radius 2 is 0.853 bits per heavy atom. The second kappa shape index (κ2) is 10.2. The fraction of sp³-hybridized carbons (Fsp3) is 0.280. The van der Waals surface area contributed by atoms with Gasteiger partial charge in [-0.1, -0.05) is 0 Å². The molecule has 9 nitrogen and oxygen atoms in total. The third-order valence-corrected chi connectivity index (χ3v) is 5.35. The predicted molar refractivity (Wildman–Crippen MR) is 127 cm³/mol. The first-order valence-electron chi connectivity index (χ1n) is 10.1. The molecular formula is C25H28O9. The van der Waals surface area contributed by atoms with Crippen molar-refractivity contribution in [3.05, 3.63) is 30.3 Å². The molecule has 0 amide bonds. The van der Waals surface area contributed by atoms with Crippen LogP contribution in [0.25, 0.3) is 22.3 Å². The van der Waals surface area contributed by atoms with Gasteiger partial charge in [-0.25, -0.2) is 0 Å². The minimum absolute atomic E-state index is 0.0483. The lowest BCUT2D eigenvalue weighted by molar-refractivity contribution is 0.372. The Balaban J connectivity index is 2.53. The monoisotopic (exact) mass is 472 g/mol. The van der Waals surface area contributed by atoms with Gasteiger partial charge in [0.1, 0.15) is 51.7 Å². The summed E-state index contributed by atoms with van der Waals surface area (Å²) >= 11 is 0. The van der Waals surface area contributed by atoms with Crippen LogP contribution in [0.3, 0.4) is 0 Å². The summed E-state index contributed by atoms with van der Waals surface area (Å²) in [5.41, 5.74) is 1.59. The van der Waals surface area contributed by atoms with Crippen LogP contribution in [0.5, 0.6) is 51.7 Å². The smallest absolute Gasteiger partial charge is 0.142 e. The summed E-state index contributed by atoms with van der Waals surface area (Å²) in [5.74, 6) is 2.21. The second-order valence-electron chi connectivity index (χ2n) is 7.01. The molecular weight excluding hydrogens is 444 g/mol. The van der Waals surface area contributed by atoms with Crippen molar-refractivity contribution in [1.82, 2.24) is 0 Å². The molecule has 0 aliphatic heterocycles. The lowest BCUT2D eigenvalue weighted by Gasteiger charge is -2.23. The van der Waals surface area contributed by atoms with Crippen LogP contribution >= 0.6 is 0 Å². The van der Waals surface area contributed by atoms with Crippen LogP contribution in [0.4, 0.5) is 0 Å². The van der Waals surface area contributed by atoms with E-state index in [0.717, 1.165) is 0 Å². The Morgan fingerprint density at radius 1 is 0.441 bits per heavy atom. The Bertz CT molecular complexity index is 1140. The molecule has 0 fully saturated rings. The second-order valence-corrected chi connectivity index (χ2v) is 7.01. The van der Waals surface area contributed by atoms with Gasteiger partial charge < -0.3 is 43.4 Å². The van der Waals surface area contributed by atoms with Gasteiger partial charge in [-0.3, -0.25) is 0 Å². The molecule has 182 valence electrons. The zero-order chi connectivity index (χ0) is 25.0. The summed E-state index contributed by atoms with van der Waals surface area (Å²) in [6, 6.07) is 7.67. The largest absolute Gasteiger partial charge is 0.508 e. The number of rotatable bonds is 9. The molecule has 34 heavy (non-hydrogen) atoms. The van der Waals surface area contributed by atoms with Crippen LogP contribution < -0.4 is 33.2 Å². The molecule has 0 heterocycles. The van der Waals surface area contributed by atoms with Crippen molar-refractivity contribution in [1.29, 1.82) is 0 Å². The average Bonchev–Trinajstić information content (AvgIpc) is 2.86. The van der Waals surface area contributed by atoms with Crippen molar-refractivity contribution in [2.75, 3.05) is 49.8 Å². The van der Waals surface area contributed by atoms with Crippen molar-refractivity contribution in [2.24, 2.45) is 0 Å². The molecule has 3 rings (SSSR count). The molecule has 2 N–H and O–H groups in total. The minimum Gasteiger partial charge on any atom is -0.508 e. The van der Waals surface area contributed by atoms with Crippen LogP contribution in [-0.2, 0) is 0 Å². The highest BCUT2D eigenvalue weighted by Crippen LogP contribution is 2.57. The molecule has 9 heteroatoms. The molecule has 3 aromatic carbocycles. The normalized spacial score (nSPS) is 10.4. The number of phenols is 2. The van der Waals surface area contributed by atoms with Crippen LogP contribution in [-0.4, -0.2) is 60.0 Å². The van der Waals surface area contributed by atoms with Crippen molar-refractivity contribution < 1.29 is 43.4 Å². The zero-order valence-electron chi connectivity index (χ0n) is 20.1. The number of aromatic hydroxyl groups is 2. The summed E-state index contributed by atoms with van der Waals surface area (Å²) in [5, 5.41) is 21.3. The average molecular weight is 472 g/mol. The summed E-state index contributed by atoms with van der Waals surface area (Å²) in [4.78, 5) is 0. The van der Waals surface area contributed by atoms with Gasteiger partial charge in [0.25, 0.3) is 0 Å². The highest BCUT2D eigenvalue weighted by molar-refractivity contribution is 5.97. The maximum Gasteiger partial charge on any atom is 0.142 e. The number of hydrogen-bond donors (Lipinski definition) is 2. The summed E-state index contributed by atoms with van der Waals surface area (Å²) in [7, 11) is 10.4. The quantitative estimate of drug-likeness (QED) is 0.466. The fourth-order valence-electron chi connectivity index (χ4n) is 3.86. The molecule has 0 atom stereocenters. The Morgan fingerprint density at radius 3 is 1.26 bits per heavy atom. The van der Waals surface area contributed by atoms with E-state index in [9.17, 15) is 10.2 Å². The molecule has 0 saturated heterocycles. The van der Waals surface area contributed by atoms with Gasteiger partial charge in [-0.2, -0.15) is 0 Å². The van der Waals surface area contributed by atoms with Gasteiger partial charge in [-0.15, -0.1) is 0 Å². The van der Waals surface area contributed by atoms with Gasteiger partial charge in [0.15, 0.2) is 0 Å². The molecule has 0 radical (unpaired) electrons. The van der Waals surface area contributed by atoms with Crippen LogP contribution in [0.15, 0.2) is 30.3 Å². The van der Waals surface area contributed by atoms with Crippen LogP contribution in [0.2, 0.25) is 0 Å². The lowest BCUT2D eigenvalue weighted by Crippen LogP contribution is -2.02. The molecule has 0 aliphatic rings. The van der Waals surface area contributed by atoms with E-state index < -0.39 is 0 Å². The first-order valence-corrected chi connectivity index (χ1v) is 10.1. The summed E-state index contributed by atoms with van der Waals surface area (Å²) in [6.07, 6.45) is 0. The highest BCUT2D eigenvalue weighted by Gasteiger charge is 2.30. The third kappa shape index (κ3) is 4.12. The Labute approximate surface area is 197 Å². The number of hydrogen-bond acceptors (Lipinski definition) is 9. The van der Waals surface area contributed by atoms with E-state index in [1.165, 1.54) is 68.0 Å². The first kappa shape index (κ1) is 24.5. The van der Waals surface area contributed by atoms with Gasteiger partial charge in [0.2, 0.25) is 0 Å². The summed E-state index contributed by atoms with van der Waals surface area (Å²) < 4.78 is 39.1. The highest BCUT2D eigenvalue weighted by atomic mass is 16.5. The van der Waals surface area contributed by atoms with E-state index in [0.29, 0.717) is 45.4 Å². The topological polar surface area (TPSA) is 105 Å². The third-order valence-electron chi connectivity index (χ3n) is 5.35. The number of phenolic OH excluding ortho intramolecular Hbond substituents is 2. The molecule has 0 spiro atoms. The molecule has 3 aromatic rings. The predicted octanol–water partition coefficient (Wildman–Crippen LogP) is 4.49. The first-order chi connectivity index (χ1) is 16.4. The van der Waals surface area contributed by atoms with E-state index in [-0.39, 0.29) is 28.6 Å². The fourth-order valence-corrected chi connectivity index (χ4v) is 3.86. The van der Waals surface area contributed by atoms with Crippen molar-refractivity contribution in [3.8, 4) is 74.0 Å². The Kier molecular flexibility index (Phi) is 7.35. The maximum absolute atomic E-state index is 11.1. The molecule has 0 saturated carbocycles. The lowest BCUT2D eigenvalue weighted by atomic mass is 9.93. The van der Waals surface area contributed by atoms with Gasteiger partial charge >= 0.3 is 0 Å². The van der Waals surface area contributed by atoms with E-state index in [1.807, 2.05) is 0 Å². The van der Waals surface area contributed by atoms with Gasteiger partial charge in [0, 0.05) is 30.3 Å². The molecule has 0 bridgehead atoms. The van der Waals surface area contributed by atoms with E-state index in [2.05, 4.69) is 0 Å².